The van der Waals surface area contributed by atoms with Crippen molar-refractivity contribution in [2.45, 2.75) is 38.9 Å². The zero-order valence-electron chi connectivity index (χ0n) is 15.3. The van der Waals surface area contributed by atoms with Crippen LogP contribution in [0.4, 0.5) is 0 Å². The number of pyridine rings is 1. The fourth-order valence-corrected chi connectivity index (χ4v) is 3.62. The lowest BCUT2D eigenvalue weighted by Gasteiger charge is -2.22. The molecule has 0 saturated carbocycles. The molecule has 8 heteroatoms. The number of benzene rings is 1. The summed E-state index contributed by atoms with van der Waals surface area (Å²) in [4.78, 5) is 29.5. The number of likely N-dealkylation sites (N-methyl/N-ethyl adjacent to an activating group) is 1. The summed E-state index contributed by atoms with van der Waals surface area (Å²) in [6.07, 6.45) is 0.614. The molecule has 4 N–H and O–H groups in total. The van der Waals surface area contributed by atoms with Gasteiger partial charge < -0.3 is 16.0 Å². The largest absolute Gasteiger partial charge is 0.358 e. The maximum Gasteiger partial charge on any atom is 0.252 e. The fraction of sp³-hybridized carbons (Fsp3) is 0.444. The van der Waals surface area contributed by atoms with Gasteiger partial charge in [0.1, 0.15) is 0 Å². The Morgan fingerprint density at radius 3 is 2.65 bits per heavy atom. The van der Waals surface area contributed by atoms with E-state index in [4.69, 9.17) is 5.73 Å². The van der Waals surface area contributed by atoms with Crippen molar-refractivity contribution < 1.29 is 4.79 Å². The van der Waals surface area contributed by atoms with E-state index in [0.29, 0.717) is 25.1 Å². The number of hydrogen-bond donors (Lipinski definition) is 3. The smallest absolute Gasteiger partial charge is 0.252 e. The van der Waals surface area contributed by atoms with Crippen LogP contribution in [0.25, 0.3) is 10.9 Å². The first-order valence-corrected chi connectivity index (χ1v) is 8.23. The van der Waals surface area contributed by atoms with Crippen LogP contribution < -0.4 is 16.6 Å². The third kappa shape index (κ3) is 4.43. The number of aryl methyl sites for hydroxylation is 2. The van der Waals surface area contributed by atoms with Crippen LogP contribution in [0.15, 0.2) is 23.0 Å². The average molecular weight is 397 g/mol. The molecule has 2 aromatic rings. The molecule has 0 unspecified atom stereocenters. The molecule has 0 aliphatic carbocycles. The van der Waals surface area contributed by atoms with Gasteiger partial charge >= 0.3 is 0 Å². The molecule has 1 aromatic heterocycles. The van der Waals surface area contributed by atoms with E-state index in [2.05, 4.69) is 22.4 Å². The molecule has 26 heavy (non-hydrogen) atoms. The molecule has 1 fully saturated rings. The summed E-state index contributed by atoms with van der Waals surface area (Å²) in [5, 5.41) is 3.70. The van der Waals surface area contributed by atoms with Gasteiger partial charge in [0.05, 0.1) is 11.6 Å². The molecule has 1 saturated heterocycles. The summed E-state index contributed by atoms with van der Waals surface area (Å²) in [6.45, 7) is 5.07. The number of amides is 1. The second kappa shape index (κ2) is 8.94. The molecular formula is C18H28N4O2S2. The minimum absolute atomic E-state index is 0. The number of nitrogens with one attached hydrogen (secondary N) is 2. The Morgan fingerprint density at radius 2 is 2.00 bits per heavy atom. The topological polar surface area (TPSA) is 91.2 Å². The van der Waals surface area contributed by atoms with Crippen molar-refractivity contribution in [1.82, 2.24) is 15.2 Å². The molecular weight excluding hydrogens is 368 g/mol. The van der Waals surface area contributed by atoms with Gasteiger partial charge in [-0.3, -0.25) is 14.5 Å². The first-order valence-electron chi connectivity index (χ1n) is 8.23. The highest BCUT2D eigenvalue weighted by Gasteiger charge is 2.34. The maximum absolute atomic E-state index is 12.5. The van der Waals surface area contributed by atoms with Gasteiger partial charge in [0.15, 0.2) is 0 Å². The van der Waals surface area contributed by atoms with E-state index in [-0.39, 0.29) is 50.5 Å². The fourth-order valence-electron chi connectivity index (χ4n) is 3.62. The Labute approximate surface area is 167 Å². The van der Waals surface area contributed by atoms with Gasteiger partial charge in [-0.25, -0.2) is 0 Å². The normalized spacial score (nSPS) is 19.7. The van der Waals surface area contributed by atoms with Crippen LogP contribution in [0.5, 0.6) is 0 Å². The molecule has 0 spiro atoms. The first-order chi connectivity index (χ1) is 11.4. The number of nitrogens with zero attached hydrogens (tertiary/aromatic N) is 1. The van der Waals surface area contributed by atoms with E-state index in [9.17, 15) is 9.59 Å². The van der Waals surface area contributed by atoms with Crippen molar-refractivity contribution in [3.05, 3.63) is 45.2 Å². The van der Waals surface area contributed by atoms with Gasteiger partial charge in [-0.2, -0.15) is 27.0 Å². The lowest BCUT2D eigenvalue weighted by atomic mass is 10.0. The van der Waals surface area contributed by atoms with E-state index in [1.165, 1.54) is 0 Å². The van der Waals surface area contributed by atoms with Crippen LogP contribution >= 0.6 is 27.0 Å². The summed E-state index contributed by atoms with van der Waals surface area (Å²) in [7, 11) is 1.62. The third-order valence-electron chi connectivity index (χ3n) is 4.73. The van der Waals surface area contributed by atoms with Crippen molar-refractivity contribution in [2.75, 3.05) is 13.6 Å². The number of carbonyl (C=O) groups is 1. The zero-order chi connectivity index (χ0) is 17.4. The molecule has 6 nitrogen and oxygen atoms in total. The quantitative estimate of drug-likeness (QED) is 0.722. The number of nitrogens with two attached hydrogens (primary N) is 1. The molecule has 1 aromatic carbocycles. The van der Waals surface area contributed by atoms with Crippen LogP contribution in [-0.4, -0.2) is 41.5 Å². The van der Waals surface area contributed by atoms with E-state index in [1.54, 1.807) is 7.05 Å². The Kier molecular flexibility index (Phi) is 7.76. The van der Waals surface area contributed by atoms with Gasteiger partial charge in [-0.05, 0) is 43.4 Å². The highest BCUT2D eigenvalue weighted by Crippen LogP contribution is 2.22. The first kappa shape index (κ1) is 22.6. The maximum atomic E-state index is 12.5. The van der Waals surface area contributed by atoms with Gasteiger partial charge in [0.25, 0.3) is 5.56 Å². The predicted octanol–water partition coefficient (Wildman–Crippen LogP) is 1.02. The molecule has 1 aliphatic rings. The summed E-state index contributed by atoms with van der Waals surface area (Å²) >= 11 is 0. The number of rotatable bonds is 3. The molecule has 0 radical (unpaired) electrons. The van der Waals surface area contributed by atoms with Gasteiger partial charge in [-0.1, -0.05) is 11.6 Å². The second-order valence-electron chi connectivity index (χ2n) is 6.73. The molecule has 2 atom stereocenters. The van der Waals surface area contributed by atoms with E-state index >= 15 is 0 Å². The molecule has 144 valence electrons. The van der Waals surface area contributed by atoms with Crippen LogP contribution in [0.2, 0.25) is 0 Å². The van der Waals surface area contributed by atoms with Crippen molar-refractivity contribution in [3.63, 3.8) is 0 Å². The average Bonchev–Trinajstić information content (AvgIpc) is 2.89. The van der Waals surface area contributed by atoms with E-state index in [1.807, 2.05) is 24.8 Å². The van der Waals surface area contributed by atoms with Crippen LogP contribution in [-0.2, 0) is 11.3 Å². The number of likely N-dealkylation sites (tertiary alicyclic amines) is 1. The minimum Gasteiger partial charge on any atom is -0.358 e. The second-order valence-corrected chi connectivity index (χ2v) is 6.73. The number of aromatic nitrogens is 1. The molecule has 1 amide bonds. The molecule has 1 aliphatic heterocycles. The Balaban J connectivity index is 0.00000169. The lowest BCUT2D eigenvalue weighted by Crippen LogP contribution is -2.42. The van der Waals surface area contributed by atoms with Crippen LogP contribution in [0.1, 0.15) is 23.1 Å². The van der Waals surface area contributed by atoms with Crippen molar-refractivity contribution >= 4 is 43.8 Å². The Bertz CT molecular complexity index is 853. The number of H-pyrrole nitrogens is 1. The molecule has 2 heterocycles. The van der Waals surface area contributed by atoms with Crippen molar-refractivity contribution in [3.8, 4) is 0 Å². The van der Waals surface area contributed by atoms with E-state index in [0.717, 1.165) is 22.0 Å². The van der Waals surface area contributed by atoms with Crippen molar-refractivity contribution in [1.29, 1.82) is 0 Å². The number of aromatic amines is 1. The minimum atomic E-state index is -0.278. The van der Waals surface area contributed by atoms with Gasteiger partial charge in [0, 0.05) is 31.7 Å². The highest BCUT2D eigenvalue weighted by atomic mass is 32.1. The van der Waals surface area contributed by atoms with Crippen LogP contribution in [0.3, 0.4) is 0 Å². The number of carbonyl (C=O) groups excluding carboxylic acids is 1. The highest BCUT2D eigenvalue weighted by molar-refractivity contribution is 7.59. The summed E-state index contributed by atoms with van der Waals surface area (Å²) in [5.74, 6) is -0.0492. The number of fused-ring (bicyclic) bond motifs is 1. The van der Waals surface area contributed by atoms with Crippen LogP contribution in [0, 0.1) is 13.8 Å². The zero-order valence-corrected chi connectivity index (χ0v) is 17.3. The molecule has 0 bridgehead atoms. The predicted molar refractivity (Wildman–Crippen MR) is 116 cm³/mol. The Morgan fingerprint density at radius 1 is 1.31 bits per heavy atom. The number of hydrogen-bond acceptors (Lipinski definition) is 4. The van der Waals surface area contributed by atoms with E-state index < -0.39 is 0 Å². The van der Waals surface area contributed by atoms with Crippen molar-refractivity contribution in [2.24, 2.45) is 5.73 Å². The Hall–Kier alpha value is -1.48. The van der Waals surface area contributed by atoms with Gasteiger partial charge in [0.2, 0.25) is 5.91 Å². The van der Waals surface area contributed by atoms with Gasteiger partial charge in [-0.15, -0.1) is 0 Å². The summed E-state index contributed by atoms with van der Waals surface area (Å²) in [6, 6.07) is 5.72. The molecule has 3 rings (SSSR count). The monoisotopic (exact) mass is 396 g/mol. The lowest BCUT2D eigenvalue weighted by molar-refractivity contribution is -0.125. The SMILES string of the molecule is CNC(=O)[C@@H]1C[C@@H](N)CN1Cc1cc2cc(C)cc(C)c2[nH]c1=O.S.S. The third-order valence-corrected chi connectivity index (χ3v) is 4.73. The standard InChI is InChI=1S/C18H24N4O2.2H2S/c1-10-4-11(2)16-12(5-10)6-13(17(23)21-16)8-22-9-14(19)7-15(22)18(24)20-3;;/h4-6,14-15H,7-9,19H2,1-3H3,(H,20,24)(H,21,23);2*1H2/t14-,15+;;/m1../s1. The summed E-state index contributed by atoms with van der Waals surface area (Å²) in [5.41, 5.74) is 9.66. The summed E-state index contributed by atoms with van der Waals surface area (Å²) < 4.78 is 0.